The van der Waals surface area contributed by atoms with E-state index >= 15 is 0 Å². The van der Waals surface area contributed by atoms with Crippen molar-refractivity contribution in [1.82, 2.24) is 9.78 Å². The number of carbonyl (C=O) groups excluding carboxylic acids is 1. The summed E-state index contributed by atoms with van der Waals surface area (Å²) in [5.74, 6) is 0.686. The van der Waals surface area contributed by atoms with Crippen LogP contribution in [-0.4, -0.2) is 15.6 Å². The summed E-state index contributed by atoms with van der Waals surface area (Å²) in [5.41, 5.74) is 2.62. The number of ketones is 1. The van der Waals surface area contributed by atoms with E-state index in [1.807, 2.05) is 4.68 Å². The second-order valence-corrected chi connectivity index (χ2v) is 6.88. The predicted molar refractivity (Wildman–Crippen MR) is 81.7 cm³/mol. The molecule has 1 heterocycles. The Balaban J connectivity index is 1.99. The topological polar surface area (TPSA) is 34.9 Å². The van der Waals surface area contributed by atoms with Gasteiger partial charge in [-0.25, -0.2) is 0 Å². The molecule has 1 aromatic rings. The van der Waals surface area contributed by atoms with Crippen LogP contribution in [0.3, 0.4) is 0 Å². The van der Waals surface area contributed by atoms with Crippen molar-refractivity contribution in [2.24, 2.45) is 11.3 Å². The molecular weight excluding hydrogens is 248 g/mol. The van der Waals surface area contributed by atoms with E-state index in [1.165, 1.54) is 12.8 Å². The molecule has 1 saturated carbocycles. The van der Waals surface area contributed by atoms with Gasteiger partial charge in [-0.05, 0) is 50.5 Å². The molecule has 0 spiro atoms. The second kappa shape index (κ2) is 6.11. The van der Waals surface area contributed by atoms with Gasteiger partial charge in [0.15, 0.2) is 0 Å². The number of Topliss-reactive ketones (excluding diaryl/α,β-unsaturated/α-hetero) is 1. The molecular formula is C17H28N2O. The van der Waals surface area contributed by atoms with E-state index in [-0.39, 0.29) is 5.92 Å². The first-order chi connectivity index (χ1) is 9.45. The molecule has 1 fully saturated rings. The van der Waals surface area contributed by atoms with E-state index in [0.717, 1.165) is 37.2 Å². The predicted octanol–water partition coefficient (Wildman–Crippen LogP) is 3.79. The largest absolute Gasteiger partial charge is 0.299 e. The number of hydrogen-bond acceptors (Lipinski definition) is 2. The number of nitrogens with zero attached hydrogens (tertiary/aromatic N) is 2. The zero-order valence-electron chi connectivity index (χ0n) is 13.4. The average molecular weight is 276 g/mol. The van der Waals surface area contributed by atoms with Crippen LogP contribution < -0.4 is 0 Å². The fraction of sp³-hybridized carbons (Fsp3) is 0.765. The average Bonchev–Trinajstić information content (AvgIpc) is 2.80. The van der Waals surface area contributed by atoms with Crippen molar-refractivity contribution in [2.45, 2.75) is 72.8 Å². The third kappa shape index (κ3) is 3.50. The Morgan fingerprint density at radius 2 is 2.00 bits per heavy atom. The van der Waals surface area contributed by atoms with Gasteiger partial charge in [0.25, 0.3) is 0 Å². The number of carbonyl (C=O) groups is 1. The molecule has 0 amide bonds. The zero-order valence-corrected chi connectivity index (χ0v) is 13.4. The Morgan fingerprint density at radius 1 is 1.35 bits per heavy atom. The van der Waals surface area contributed by atoms with Crippen molar-refractivity contribution in [3.05, 3.63) is 17.5 Å². The van der Waals surface area contributed by atoms with E-state index in [4.69, 9.17) is 0 Å². The van der Waals surface area contributed by atoms with Gasteiger partial charge in [-0.1, -0.05) is 20.8 Å². The smallest absolute Gasteiger partial charge is 0.141 e. The molecule has 0 aromatic carbocycles. The Kier molecular flexibility index (Phi) is 4.66. The third-order valence-corrected chi connectivity index (χ3v) is 4.73. The molecule has 1 aliphatic rings. The molecule has 3 nitrogen and oxygen atoms in total. The second-order valence-electron chi connectivity index (χ2n) is 6.88. The van der Waals surface area contributed by atoms with Crippen molar-refractivity contribution < 1.29 is 4.79 Å². The van der Waals surface area contributed by atoms with Gasteiger partial charge >= 0.3 is 0 Å². The van der Waals surface area contributed by atoms with E-state index in [9.17, 15) is 4.79 Å². The summed E-state index contributed by atoms with van der Waals surface area (Å²) in [5, 5.41) is 4.53. The first-order valence-corrected chi connectivity index (χ1v) is 8.03. The van der Waals surface area contributed by atoms with Gasteiger partial charge in [0.05, 0.1) is 5.69 Å². The highest BCUT2D eigenvalue weighted by atomic mass is 16.1. The van der Waals surface area contributed by atoms with Crippen LogP contribution in [0, 0.1) is 11.3 Å². The molecule has 3 heteroatoms. The normalized spacial score (nSPS) is 19.2. The monoisotopic (exact) mass is 276 g/mol. The van der Waals surface area contributed by atoms with Crippen molar-refractivity contribution in [2.75, 3.05) is 0 Å². The van der Waals surface area contributed by atoms with Crippen LogP contribution in [0.1, 0.15) is 64.8 Å². The van der Waals surface area contributed by atoms with Gasteiger partial charge in [-0.3, -0.25) is 9.48 Å². The lowest BCUT2D eigenvalue weighted by Crippen LogP contribution is -2.27. The van der Waals surface area contributed by atoms with E-state index < -0.39 is 0 Å². The lowest BCUT2D eigenvalue weighted by Gasteiger charge is -2.33. The summed E-state index contributed by atoms with van der Waals surface area (Å²) in [6.07, 6.45) is 5.98. The molecule has 1 aromatic heterocycles. The zero-order chi connectivity index (χ0) is 14.8. The summed E-state index contributed by atoms with van der Waals surface area (Å²) in [6.45, 7) is 9.67. The number of hydrogen-bond donors (Lipinski definition) is 0. The van der Waals surface area contributed by atoms with Crippen molar-refractivity contribution in [1.29, 1.82) is 0 Å². The van der Waals surface area contributed by atoms with Crippen molar-refractivity contribution in [3.8, 4) is 0 Å². The fourth-order valence-electron chi connectivity index (χ4n) is 3.15. The first kappa shape index (κ1) is 15.3. The van der Waals surface area contributed by atoms with E-state index in [2.05, 4.69) is 38.9 Å². The maximum Gasteiger partial charge on any atom is 0.141 e. The summed E-state index contributed by atoms with van der Waals surface area (Å²) in [4.78, 5) is 12.5. The molecule has 1 aliphatic carbocycles. The number of aryl methyl sites for hydroxylation is 2. The van der Waals surface area contributed by atoms with Crippen LogP contribution in [0.25, 0.3) is 0 Å². The molecule has 0 N–H and O–H groups in total. The number of aromatic nitrogens is 2. The third-order valence-electron chi connectivity index (χ3n) is 4.73. The first-order valence-electron chi connectivity index (χ1n) is 8.03. The van der Waals surface area contributed by atoms with Crippen molar-refractivity contribution in [3.63, 3.8) is 0 Å². The highest BCUT2D eigenvalue weighted by Crippen LogP contribution is 2.38. The quantitative estimate of drug-likeness (QED) is 0.820. The SMILES string of the molecule is CCc1cc(CC(=O)C2CCC(C)(C)CC2)n(CC)n1. The van der Waals surface area contributed by atoms with Crippen LogP contribution in [-0.2, 0) is 24.2 Å². The molecule has 2 rings (SSSR count). The van der Waals surface area contributed by atoms with Crippen LogP contribution in [0.2, 0.25) is 0 Å². The van der Waals surface area contributed by atoms with Crippen LogP contribution >= 0.6 is 0 Å². The van der Waals surface area contributed by atoms with E-state index in [0.29, 0.717) is 17.6 Å². The number of rotatable bonds is 5. The minimum atomic E-state index is 0.272. The van der Waals surface area contributed by atoms with Gasteiger partial charge < -0.3 is 0 Å². The lowest BCUT2D eigenvalue weighted by molar-refractivity contribution is -0.123. The van der Waals surface area contributed by atoms with Crippen LogP contribution in [0.4, 0.5) is 0 Å². The van der Waals surface area contributed by atoms with Gasteiger partial charge in [0.2, 0.25) is 0 Å². The summed E-state index contributed by atoms with van der Waals surface area (Å²) in [7, 11) is 0. The molecule has 0 aliphatic heterocycles. The molecule has 0 radical (unpaired) electrons. The standard InChI is InChI=1S/C17H28N2O/c1-5-14-11-15(19(6-2)18-14)12-16(20)13-7-9-17(3,4)10-8-13/h11,13H,5-10,12H2,1-4H3. The molecule has 20 heavy (non-hydrogen) atoms. The van der Waals surface area contributed by atoms with Crippen LogP contribution in [0.5, 0.6) is 0 Å². The summed E-state index contributed by atoms with van der Waals surface area (Å²) >= 11 is 0. The molecule has 0 bridgehead atoms. The molecule has 0 saturated heterocycles. The van der Waals surface area contributed by atoms with Gasteiger partial charge in [0.1, 0.15) is 5.78 Å². The van der Waals surface area contributed by atoms with Gasteiger partial charge in [0, 0.05) is 24.6 Å². The van der Waals surface area contributed by atoms with Crippen molar-refractivity contribution >= 4 is 5.78 Å². The lowest BCUT2D eigenvalue weighted by atomic mass is 9.71. The highest BCUT2D eigenvalue weighted by Gasteiger charge is 2.30. The molecule has 0 atom stereocenters. The Hall–Kier alpha value is -1.12. The van der Waals surface area contributed by atoms with E-state index in [1.54, 1.807) is 0 Å². The Labute approximate surface area is 122 Å². The Bertz CT molecular complexity index is 463. The van der Waals surface area contributed by atoms with Crippen LogP contribution in [0.15, 0.2) is 6.07 Å². The molecule has 0 unspecified atom stereocenters. The minimum Gasteiger partial charge on any atom is -0.299 e. The molecule has 112 valence electrons. The van der Waals surface area contributed by atoms with Gasteiger partial charge in [-0.2, -0.15) is 5.10 Å². The maximum absolute atomic E-state index is 12.5. The minimum absolute atomic E-state index is 0.272. The van der Waals surface area contributed by atoms with Gasteiger partial charge in [-0.15, -0.1) is 0 Å². The summed E-state index contributed by atoms with van der Waals surface area (Å²) < 4.78 is 1.99. The maximum atomic E-state index is 12.5. The fourth-order valence-corrected chi connectivity index (χ4v) is 3.15. The Morgan fingerprint density at radius 3 is 2.55 bits per heavy atom. The summed E-state index contributed by atoms with van der Waals surface area (Å²) in [6, 6.07) is 2.11. The highest BCUT2D eigenvalue weighted by molar-refractivity contribution is 5.83.